The maximum Gasteiger partial charge on any atom is 0.244 e. The molecule has 1 unspecified atom stereocenters. The molecule has 2 saturated heterocycles. The SMILES string of the molecule is Cc1cc(NC(=O)C2COC(C)(C)CN2CC(=O)N2C[C@@H](C)O[C@@H](C)C2)c2[nH]c3ccccc3c2c1. The van der Waals surface area contributed by atoms with Crippen molar-refractivity contribution in [2.75, 3.05) is 38.1 Å². The number of carbonyl (C=O) groups is 2. The minimum atomic E-state index is -0.571. The molecule has 2 fully saturated rings. The Morgan fingerprint density at radius 3 is 2.58 bits per heavy atom. The minimum absolute atomic E-state index is 0.00189. The van der Waals surface area contributed by atoms with Crippen LogP contribution in [0.3, 0.4) is 0 Å². The van der Waals surface area contributed by atoms with Crippen LogP contribution in [0.2, 0.25) is 0 Å². The number of hydrogen-bond acceptors (Lipinski definition) is 5. The van der Waals surface area contributed by atoms with Gasteiger partial charge in [0.25, 0.3) is 0 Å². The fourth-order valence-corrected chi connectivity index (χ4v) is 5.53. The molecule has 8 nitrogen and oxygen atoms in total. The van der Waals surface area contributed by atoms with E-state index in [9.17, 15) is 9.59 Å². The highest BCUT2D eigenvalue weighted by atomic mass is 16.5. The molecule has 1 aromatic heterocycles. The van der Waals surface area contributed by atoms with Crippen LogP contribution in [0.1, 0.15) is 33.3 Å². The van der Waals surface area contributed by atoms with E-state index in [4.69, 9.17) is 9.47 Å². The molecule has 3 aromatic rings. The lowest BCUT2D eigenvalue weighted by atomic mass is 10.0. The van der Waals surface area contributed by atoms with Crippen molar-refractivity contribution in [2.24, 2.45) is 0 Å². The van der Waals surface area contributed by atoms with E-state index in [0.29, 0.717) is 19.6 Å². The van der Waals surface area contributed by atoms with Crippen molar-refractivity contribution >= 4 is 39.3 Å². The molecule has 0 saturated carbocycles. The van der Waals surface area contributed by atoms with Crippen molar-refractivity contribution in [1.82, 2.24) is 14.8 Å². The fraction of sp³-hybridized carbons (Fsp3) is 0.500. The van der Waals surface area contributed by atoms with E-state index in [1.54, 1.807) is 0 Å². The number of morpholine rings is 2. The van der Waals surface area contributed by atoms with Crippen LogP contribution in [0.15, 0.2) is 36.4 Å². The number of rotatable bonds is 4. The maximum absolute atomic E-state index is 13.6. The first-order valence-corrected chi connectivity index (χ1v) is 12.7. The molecule has 0 aliphatic carbocycles. The Morgan fingerprint density at radius 1 is 1.11 bits per heavy atom. The summed E-state index contributed by atoms with van der Waals surface area (Å²) in [6, 6.07) is 11.7. The van der Waals surface area contributed by atoms with Crippen LogP contribution in [0.25, 0.3) is 21.8 Å². The number of nitrogens with zero attached hydrogens (tertiary/aromatic N) is 2. The van der Waals surface area contributed by atoms with Crippen LogP contribution < -0.4 is 5.32 Å². The first-order valence-electron chi connectivity index (χ1n) is 12.7. The highest BCUT2D eigenvalue weighted by Gasteiger charge is 2.39. The number of aryl methyl sites for hydroxylation is 1. The molecule has 36 heavy (non-hydrogen) atoms. The topological polar surface area (TPSA) is 86.9 Å². The molecule has 2 N–H and O–H groups in total. The highest BCUT2D eigenvalue weighted by molar-refractivity contribution is 6.13. The van der Waals surface area contributed by atoms with Crippen LogP contribution in [-0.4, -0.2) is 83.2 Å². The van der Waals surface area contributed by atoms with Gasteiger partial charge in [-0.2, -0.15) is 0 Å². The van der Waals surface area contributed by atoms with Crippen LogP contribution >= 0.6 is 0 Å². The molecule has 3 heterocycles. The third-order valence-electron chi connectivity index (χ3n) is 7.09. The fourth-order valence-electron chi connectivity index (χ4n) is 5.53. The summed E-state index contributed by atoms with van der Waals surface area (Å²) in [7, 11) is 0. The Morgan fingerprint density at radius 2 is 1.83 bits per heavy atom. The van der Waals surface area contributed by atoms with Gasteiger partial charge in [0.2, 0.25) is 11.8 Å². The van der Waals surface area contributed by atoms with Gasteiger partial charge in [-0.1, -0.05) is 18.2 Å². The van der Waals surface area contributed by atoms with Crippen molar-refractivity contribution in [3.05, 3.63) is 42.0 Å². The van der Waals surface area contributed by atoms with E-state index < -0.39 is 11.6 Å². The predicted molar refractivity (Wildman–Crippen MR) is 141 cm³/mol. The predicted octanol–water partition coefficient (Wildman–Crippen LogP) is 3.68. The molecule has 0 bridgehead atoms. The van der Waals surface area contributed by atoms with Gasteiger partial charge in [0.1, 0.15) is 6.04 Å². The Balaban J connectivity index is 1.39. The second-order valence-corrected chi connectivity index (χ2v) is 10.9. The third kappa shape index (κ3) is 4.98. The average Bonchev–Trinajstić information content (AvgIpc) is 3.16. The first kappa shape index (κ1) is 24.7. The second-order valence-electron chi connectivity index (χ2n) is 10.9. The van der Waals surface area contributed by atoms with E-state index in [1.165, 1.54) is 0 Å². The normalized spacial score (nSPS) is 24.8. The minimum Gasteiger partial charge on any atom is -0.372 e. The smallest absolute Gasteiger partial charge is 0.244 e. The first-order chi connectivity index (χ1) is 17.1. The van der Waals surface area contributed by atoms with Gasteiger partial charge in [0, 0.05) is 35.9 Å². The number of fused-ring (bicyclic) bond motifs is 3. The number of aromatic nitrogens is 1. The molecule has 0 radical (unpaired) electrons. The number of hydrogen-bond donors (Lipinski definition) is 2. The monoisotopic (exact) mass is 492 g/mol. The number of para-hydroxylation sites is 1. The van der Waals surface area contributed by atoms with E-state index in [1.807, 2.05) is 68.7 Å². The highest BCUT2D eigenvalue weighted by Crippen LogP contribution is 2.32. The lowest BCUT2D eigenvalue weighted by Gasteiger charge is -2.43. The van der Waals surface area contributed by atoms with Gasteiger partial charge in [-0.3, -0.25) is 14.5 Å². The number of amides is 2. The van der Waals surface area contributed by atoms with Crippen LogP contribution in [0.4, 0.5) is 5.69 Å². The van der Waals surface area contributed by atoms with Crippen LogP contribution in [0, 0.1) is 6.92 Å². The lowest BCUT2D eigenvalue weighted by molar-refractivity contribution is -0.156. The zero-order chi connectivity index (χ0) is 25.6. The molecule has 5 rings (SSSR count). The van der Waals surface area contributed by atoms with Crippen molar-refractivity contribution in [2.45, 2.75) is 58.5 Å². The maximum atomic E-state index is 13.6. The number of ether oxygens (including phenoxy) is 2. The van der Waals surface area contributed by atoms with Crippen LogP contribution in [-0.2, 0) is 19.1 Å². The summed E-state index contributed by atoms with van der Waals surface area (Å²) in [5, 5.41) is 5.34. The molecule has 2 aliphatic rings. The zero-order valence-electron chi connectivity index (χ0n) is 21.8. The number of carbonyl (C=O) groups excluding carboxylic acids is 2. The lowest BCUT2D eigenvalue weighted by Crippen LogP contribution is -2.61. The van der Waals surface area contributed by atoms with Crippen LogP contribution in [0.5, 0.6) is 0 Å². The van der Waals surface area contributed by atoms with Gasteiger partial charge in [0.05, 0.1) is 42.2 Å². The zero-order valence-corrected chi connectivity index (χ0v) is 21.8. The molecule has 2 amide bonds. The molecule has 2 aromatic carbocycles. The number of aromatic amines is 1. The largest absolute Gasteiger partial charge is 0.372 e. The number of nitrogens with one attached hydrogen (secondary N) is 2. The number of benzene rings is 2. The molecule has 3 atom stereocenters. The number of H-pyrrole nitrogens is 1. The summed E-state index contributed by atoms with van der Waals surface area (Å²) in [6.45, 7) is 12.0. The molecular weight excluding hydrogens is 456 g/mol. The summed E-state index contributed by atoms with van der Waals surface area (Å²) in [6.07, 6.45) is -0.00377. The van der Waals surface area contributed by atoms with Crippen molar-refractivity contribution < 1.29 is 19.1 Å². The Labute approximate surface area is 211 Å². The van der Waals surface area contributed by atoms with Crippen molar-refractivity contribution in [1.29, 1.82) is 0 Å². The summed E-state index contributed by atoms with van der Waals surface area (Å²) in [4.78, 5) is 34.2. The standard InChI is InChI=1S/C28H36N4O4/c1-17-10-21-20-8-6-7-9-22(20)29-26(21)23(11-17)30-27(34)24-15-35-28(4,5)16-32(24)14-25(33)31-12-18(2)36-19(3)13-31/h6-11,18-19,24,29H,12-16H2,1-5H3,(H,30,34)/t18-,19+,24?. The van der Waals surface area contributed by atoms with Crippen molar-refractivity contribution in [3.8, 4) is 0 Å². The molecule has 2 aliphatic heterocycles. The van der Waals surface area contributed by atoms with E-state index in [0.717, 1.165) is 33.1 Å². The Hall–Kier alpha value is -2.94. The molecule has 0 spiro atoms. The summed E-state index contributed by atoms with van der Waals surface area (Å²) in [5.41, 5.74) is 3.27. The van der Waals surface area contributed by atoms with Gasteiger partial charge in [-0.25, -0.2) is 0 Å². The van der Waals surface area contributed by atoms with Gasteiger partial charge in [-0.05, 0) is 58.4 Å². The second kappa shape index (κ2) is 9.50. The quantitative estimate of drug-likeness (QED) is 0.580. The Bertz CT molecular complexity index is 1290. The van der Waals surface area contributed by atoms with E-state index in [2.05, 4.69) is 22.4 Å². The summed E-state index contributed by atoms with van der Waals surface area (Å²) in [5.74, 6) is -0.159. The van der Waals surface area contributed by atoms with Gasteiger partial charge in [0.15, 0.2) is 0 Å². The third-order valence-corrected chi connectivity index (χ3v) is 7.09. The number of anilines is 1. The molecular formula is C28H36N4O4. The molecule has 8 heteroatoms. The van der Waals surface area contributed by atoms with Gasteiger partial charge >= 0.3 is 0 Å². The molecule has 192 valence electrons. The summed E-state index contributed by atoms with van der Waals surface area (Å²) < 4.78 is 11.8. The van der Waals surface area contributed by atoms with Gasteiger partial charge in [-0.15, -0.1) is 0 Å². The van der Waals surface area contributed by atoms with E-state index >= 15 is 0 Å². The van der Waals surface area contributed by atoms with Crippen molar-refractivity contribution in [3.63, 3.8) is 0 Å². The van der Waals surface area contributed by atoms with Gasteiger partial charge < -0.3 is 24.7 Å². The average molecular weight is 493 g/mol. The van der Waals surface area contributed by atoms with E-state index in [-0.39, 0.29) is 37.2 Å². The summed E-state index contributed by atoms with van der Waals surface area (Å²) >= 11 is 0. The Kier molecular flexibility index (Phi) is 6.53.